The number of carbonyl (C=O) groups is 5. The topological polar surface area (TPSA) is 486 Å². The molecule has 12 rings (SSSR count). The van der Waals surface area contributed by atoms with Crippen molar-refractivity contribution in [3.8, 4) is 0 Å². The number of nitrogens with zero attached hydrogens (tertiary/aromatic N) is 14. The number of hydrogen-bond acceptors (Lipinski definition) is 29. The number of nitrogens with one attached hydrogen (secondary N) is 6. The first-order chi connectivity index (χ1) is 67.4. The van der Waals surface area contributed by atoms with Gasteiger partial charge in [0.25, 0.3) is 41.9 Å². The SMILES string of the molecule is CC(C)(C)OC(=O)N1C[C@@H](CCC(Nc2cccc(S(=O)(=O)NC(=O)c3cnc(C(C)(C)C)nc3Cl)n2)c2cc(C(C)(C)C)ccn2)CC1(C)C.CC(C)(C)OC(=O)N1C[C@@H](CCC(Nc2cccc(S(N)(=O)=O)n2)c2cc(C(C)(C)C)ccn2)CC1(C)C.CC(C)(C)c1ncc(C(=O)O)c(Cl)n1.CC1(C)C[C@H](CCC(Nc2cccc(S(=O)(=O)NC(=O)c3cnc(C(C)(C)C)nc3Cl)n2)c2cc(C(C)(C)C)ccn2)CN1. The van der Waals surface area contributed by atoms with Crippen LogP contribution in [-0.4, -0.2) is 177 Å². The zero-order valence-corrected chi connectivity index (χ0v) is 95.2. The largest absolute Gasteiger partial charge is 0.478 e. The predicted octanol–water partition coefficient (Wildman–Crippen LogP) is 21.1. The number of ether oxygens (including phenoxy) is 2. The molecule has 0 spiro atoms. The van der Waals surface area contributed by atoms with E-state index in [0.717, 1.165) is 85.3 Å². The Balaban J connectivity index is 0.000000231. The Morgan fingerprint density at radius 1 is 0.422 bits per heavy atom. The molecule has 0 saturated carbocycles. The van der Waals surface area contributed by atoms with Gasteiger partial charge in [0.05, 0.1) is 46.3 Å². The van der Waals surface area contributed by atoms with Crippen molar-refractivity contribution in [3.63, 3.8) is 0 Å². The number of nitrogens with two attached hydrogens (primary N) is 1. The van der Waals surface area contributed by atoms with Gasteiger partial charge in [0.2, 0.25) is 0 Å². The Morgan fingerprint density at radius 2 is 0.721 bits per heavy atom. The van der Waals surface area contributed by atoms with Crippen LogP contribution in [0, 0.1) is 17.8 Å². The number of aromatic nitrogens is 12. The zero-order chi connectivity index (χ0) is 110. The van der Waals surface area contributed by atoms with Crippen molar-refractivity contribution in [2.45, 2.75) is 359 Å². The van der Waals surface area contributed by atoms with E-state index >= 15 is 0 Å². The molecule has 0 bridgehead atoms. The summed E-state index contributed by atoms with van der Waals surface area (Å²) in [5.41, 5.74) is 2.48. The number of sulfonamides is 3. The van der Waals surface area contributed by atoms with Crippen molar-refractivity contribution in [1.82, 2.24) is 84.4 Å². The minimum absolute atomic E-state index is 0.0163. The third-order valence-corrected chi connectivity index (χ3v) is 28.9. The number of amides is 4. The van der Waals surface area contributed by atoms with Crippen LogP contribution in [0.3, 0.4) is 0 Å². The van der Waals surface area contributed by atoms with Gasteiger partial charge in [0, 0.05) is 83.1 Å². The highest BCUT2D eigenvalue weighted by Gasteiger charge is 2.46. The average molecular weight is 2150 g/mol. The summed E-state index contributed by atoms with van der Waals surface area (Å²) in [4.78, 5) is 118. The van der Waals surface area contributed by atoms with Crippen LogP contribution in [-0.2, 0) is 72.0 Å². The molecule has 0 aliphatic carbocycles. The fourth-order valence-corrected chi connectivity index (χ4v) is 19.9. The molecule has 3 fully saturated rings. The van der Waals surface area contributed by atoms with Gasteiger partial charge in [-0.05, 0) is 271 Å². The Labute approximate surface area is 883 Å². The summed E-state index contributed by atoms with van der Waals surface area (Å²) in [6.45, 7) is 62.5. The van der Waals surface area contributed by atoms with E-state index in [9.17, 15) is 49.2 Å². The van der Waals surface area contributed by atoms with Crippen LogP contribution in [0.4, 0.5) is 27.0 Å². The number of aromatic carboxylic acids is 1. The summed E-state index contributed by atoms with van der Waals surface area (Å²) < 4.78 is 92.5. The first kappa shape index (κ1) is 120. The van der Waals surface area contributed by atoms with E-state index in [1.165, 1.54) is 36.8 Å². The van der Waals surface area contributed by atoms with Crippen molar-refractivity contribution in [1.29, 1.82) is 0 Å². The third-order valence-electron chi connectivity index (χ3n) is 24.8. The Kier molecular flexibility index (Phi) is 38.0. The molecule has 0 aromatic carbocycles. The first-order valence-electron chi connectivity index (χ1n) is 49.2. The lowest BCUT2D eigenvalue weighted by Crippen LogP contribution is -2.45. The van der Waals surface area contributed by atoms with Gasteiger partial charge in [-0.2, -0.15) is 16.8 Å². The van der Waals surface area contributed by atoms with Crippen molar-refractivity contribution < 1.29 is 63.8 Å². The Bertz CT molecular complexity index is 6560. The molecule has 12 heterocycles. The van der Waals surface area contributed by atoms with Gasteiger partial charge in [-0.25, -0.2) is 82.2 Å². The molecule has 9 aromatic heterocycles. The second-order valence-electron chi connectivity index (χ2n) is 48.0. The molecule has 3 saturated heterocycles. The molecular formula is C106H150Cl3N21O14S3. The summed E-state index contributed by atoms with van der Waals surface area (Å²) in [5.74, 6) is 0.408. The number of anilines is 3. The normalized spacial score (nSPS) is 17.2. The molecule has 147 heavy (non-hydrogen) atoms. The van der Waals surface area contributed by atoms with Crippen LogP contribution in [0.5, 0.6) is 0 Å². The predicted molar refractivity (Wildman–Crippen MR) is 574 cm³/mol. The highest BCUT2D eigenvalue weighted by Crippen LogP contribution is 2.43. The second kappa shape index (κ2) is 46.7. The molecule has 3 aliphatic rings. The number of primary sulfonamides is 1. The van der Waals surface area contributed by atoms with Gasteiger partial charge >= 0.3 is 18.2 Å². The Hall–Kier alpha value is -10.9. The summed E-state index contributed by atoms with van der Waals surface area (Å²) in [5, 5.41) is 26.7. The summed E-state index contributed by atoms with van der Waals surface area (Å²) in [6, 6.07) is 25.4. The number of likely N-dealkylation sites (tertiary alicyclic amines) is 2. The maximum atomic E-state index is 13.4. The summed E-state index contributed by atoms with van der Waals surface area (Å²) >= 11 is 18.2. The highest BCUT2D eigenvalue weighted by atomic mass is 35.5. The van der Waals surface area contributed by atoms with Crippen LogP contribution in [0.2, 0.25) is 15.5 Å². The molecule has 802 valence electrons. The second-order valence-corrected chi connectivity index (χ2v) is 53.9. The van der Waals surface area contributed by atoms with Crippen molar-refractivity contribution in [2.24, 2.45) is 22.9 Å². The van der Waals surface area contributed by atoms with Crippen LogP contribution in [0.25, 0.3) is 0 Å². The number of pyridine rings is 6. The lowest BCUT2D eigenvalue weighted by Gasteiger charge is -2.33. The molecule has 9 aromatic rings. The van der Waals surface area contributed by atoms with Crippen LogP contribution >= 0.6 is 34.8 Å². The maximum absolute atomic E-state index is 13.4. The van der Waals surface area contributed by atoms with Crippen LogP contribution < -0.4 is 35.9 Å². The van der Waals surface area contributed by atoms with E-state index in [1.54, 1.807) is 42.6 Å². The fraction of sp³-hybridized carbons (Fsp3) is 0.557. The minimum atomic E-state index is -4.41. The molecule has 3 aliphatic heterocycles. The molecule has 41 heteroatoms. The van der Waals surface area contributed by atoms with Crippen LogP contribution in [0.15, 0.2) is 143 Å². The van der Waals surface area contributed by atoms with E-state index in [4.69, 9.17) is 64.5 Å². The Morgan fingerprint density at radius 3 is 0.993 bits per heavy atom. The average Bonchev–Trinajstić information content (AvgIpc) is 1.25. The van der Waals surface area contributed by atoms with Gasteiger partial charge < -0.3 is 45.6 Å². The van der Waals surface area contributed by atoms with Crippen molar-refractivity contribution in [2.75, 3.05) is 35.6 Å². The number of rotatable bonds is 26. The van der Waals surface area contributed by atoms with E-state index in [-0.39, 0.29) is 133 Å². The standard InChI is InChI=1S/C37H52ClN7O5S.C32H44ClN7O3S.C28H43N5O4S.C9H11ClN2O2/c1-34(2,3)24-17-18-39-27(19-24)26(16-15-23-20-37(10,11)45(22-23)33(47)50-36(7,8)9)41-28-13-12-14-29(42-28)51(48,49)44-31(46)25-21-40-32(35(4,5)6)43-30(25)38;1-30(2,3)21-14-15-34-24(16-21)23(13-12-20-17-32(7,8)36-18-20)37-25-10-9-11-26(38-25)44(42,43)40-28(41)22-19-35-29(31(4,5)6)39-27(22)33;1-26(2,3)20-14-15-30-22(16-20)21(31-23-10-9-11-24(32-23)38(29,35)36)13-12-19-17-28(7,8)33(18-19)25(34)37-27(4,5)6;1-9(2,3)8-11-4-5(7(13)14)6(10)12-8/h12-14,17-19,21,23,26H,15-16,20,22H2,1-11H3,(H,41,42)(H,44,46);9-11,14-16,19-20,23,36H,12-13,17-18H2,1-8H3,(H,37,38)(H,40,41);9-11,14-16,19,21H,12-13,17-18H2,1-8H3,(H,31,32)(H2,29,35,36);4H,1-3H3,(H,13,14)/t23-,26?;20-,23?;19-,21?;/m000./s1. The number of halogens is 3. The quantitative estimate of drug-likeness (QED) is 0.0233. The van der Waals surface area contributed by atoms with E-state index in [1.807, 2.05) is 149 Å². The number of carboxylic acids is 1. The van der Waals surface area contributed by atoms with Crippen LogP contribution in [0.1, 0.15) is 366 Å². The summed E-state index contributed by atoms with van der Waals surface area (Å²) in [6.07, 6.45) is 15.9. The number of hydrogen-bond donors (Lipinski definition) is 8. The fourth-order valence-electron chi connectivity index (χ4n) is 16.9. The molecule has 6 atom stereocenters. The van der Waals surface area contributed by atoms with Gasteiger partial charge in [0.1, 0.15) is 67.2 Å². The maximum Gasteiger partial charge on any atom is 0.410 e. The highest BCUT2D eigenvalue weighted by molar-refractivity contribution is 7.90. The number of carboxylic acid groups (broad SMARTS) is 1. The van der Waals surface area contributed by atoms with Gasteiger partial charge in [-0.15, -0.1) is 0 Å². The summed E-state index contributed by atoms with van der Waals surface area (Å²) in [7, 11) is -12.7. The van der Waals surface area contributed by atoms with E-state index in [0.29, 0.717) is 61.0 Å². The monoisotopic (exact) mass is 2140 g/mol. The molecule has 35 nitrogen and oxygen atoms in total. The zero-order valence-electron chi connectivity index (χ0n) is 90.5. The van der Waals surface area contributed by atoms with Gasteiger partial charge in [-0.3, -0.25) is 24.5 Å². The molecule has 4 amide bonds. The third kappa shape index (κ3) is 34.9. The molecule has 3 unspecified atom stereocenters. The molecular weight excluding hydrogens is 1990 g/mol. The number of carbonyl (C=O) groups excluding carboxylic acids is 4. The smallest absolute Gasteiger partial charge is 0.410 e. The lowest BCUT2D eigenvalue weighted by atomic mass is 9.86. The first-order valence-corrected chi connectivity index (χ1v) is 54.9. The van der Waals surface area contributed by atoms with E-state index < -0.39 is 69.9 Å². The van der Waals surface area contributed by atoms with Crippen molar-refractivity contribution in [3.05, 3.63) is 212 Å². The minimum Gasteiger partial charge on any atom is -0.478 e. The van der Waals surface area contributed by atoms with Crippen molar-refractivity contribution >= 4 is 112 Å². The van der Waals surface area contributed by atoms with E-state index in [2.05, 4.69) is 198 Å². The molecule has 9 N–H and O–H groups in total. The lowest BCUT2D eigenvalue weighted by molar-refractivity contribution is 0.0118. The van der Waals surface area contributed by atoms with Gasteiger partial charge in [0.15, 0.2) is 15.1 Å². The van der Waals surface area contributed by atoms with Gasteiger partial charge in [-0.1, -0.05) is 178 Å². The molecule has 0 radical (unpaired) electrons.